The summed E-state index contributed by atoms with van der Waals surface area (Å²) in [5.41, 5.74) is 1.88. The average Bonchev–Trinajstić information content (AvgIpc) is 2.15. The van der Waals surface area contributed by atoms with E-state index in [2.05, 4.69) is 4.98 Å². The third-order valence-corrected chi connectivity index (χ3v) is 3.38. The zero-order valence-electron chi connectivity index (χ0n) is 9.15. The third kappa shape index (κ3) is 3.55. The van der Waals surface area contributed by atoms with Gasteiger partial charge in [0.05, 0.1) is 5.69 Å². The van der Waals surface area contributed by atoms with E-state index >= 15 is 0 Å². The number of aromatic nitrogens is 1. The Hall–Kier alpha value is -1.03. The van der Waals surface area contributed by atoms with Crippen LogP contribution in [0.3, 0.4) is 0 Å². The van der Waals surface area contributed by atoms with Gasteiger partial charge in [-0.1, -0.05) is 6.07 Å². The first kappa shape index (κ1) is 12.0. The maximum atomic E-state index is 10.9. The summed E-state index contributed by atoms with van der Waals surface area (Å²) in [6, 6.07) is 5.78. The summed E-state index contributed by atoms with van der Waals surface area (Å²) in [5.74, 6) is -0.166. The van der Waals surface area contributed by atoms with Crippen LogP contribution < -0.4 is 0 Å². The molecule has 0 atom stereocenters. The van der Waals surface area contributed by atoms with E-state index in [4.69, 9.17) is 5.11 Å². The van der Waals surface area contributed by atoms with Crippen LogP contribution in [0.2, 0.25) is 0 Å². The van der Waals surface area contributed by atoms with Gasteiger partial charge in [-0.15, -0.1) is 11.8 Å². The fourth-order valence-corrected chi connectivity index (χ4v) is 1.79. The van der Waals surface area contributed by atoms with Gasteiger partial charge in [0.15, 0.2) is 0 Å². The van der Waals surface area contributed by atoms with Crippen molar-refractivity contribution in [3.63, 3.8) is 0 Å². The molecule has 0 fully saturated rings. The maximum Gasteiger partial charge on any atom is 0.319 e. The molecule has 0 saturated heterocycles. The molecule has 0 aromatic carbocycles. The summed E-state index contributed by atoms with van der Waals surface area (Å²) in [6.45, 7) is 5.34. The zero-order valence-corrected chi connectivity index (χ0v) is 9.97. The van der Waals surface area contributed by atoms with Crippen LogP contribution in [0.5, 0.6) is 0 Å². The minimum atomic E-state index is -0.792. The lowest BCUT2D eigenvalue weighted by Crippen LogP contribution is -2.27. The van der Waals surface area contributed by atoms with E-state index in [-0.39, 0.29) is 0 Å². The van der Waals surface area contributed by atoms with Gasteiger partial charge in [-0.25, -0.2) is 0 Å². The highest BCUT2D eigenvalue weighted by Crippen LogP contribution is 2.27. The number of thioether (sulfide) groups is 1. The zero-order chi connectivity index (χ0) is 11.5. The van der Waals surface area contributed by atoms with Crippen molar-refractivity contribution < 1.29 is 9.90 Å². The molecule has 1 aromatic rings. The highest BCUT2D eigenvalue weighted by Gasteiger charge is 2.27. The summed E-state index contributed by atoms with van der Waals surface area (Å²) >= 11 is 1.39. The Morgan fingerprint density at radius 1 is 1.53 bits per heavy atom. The molecule has 0 aliphatic heterocycles. The minimum Gasteiger partial charge on any atom is -0.480 e. The van der Waals surface area contributed by atoms with Crippen LogP contribution in [0, 0.1) is 6.92 Å². The van der Waals surface area contributed by atoms with Gasteiger partial charge >= 0.3 is 5.97 Å². The maximum absolute atomic E-state index is 10.9. The highest BCUT2D eigenvalue weighted by molar-refractivity contribution is 8.00. The quantitative estimate of drug-likeness (QED) is 0.855. The van der Waals surface area contributed by atoms with E-state index in [1.54, 1.807) is 13.8 Å². The fraction of sp³-hybridized carbons (Fsp3) is 0.455. The number of carboxylic acids is 1. The Morgan fingerprint density at radius 2 is 2.20 bits per heavy atom. The molecule has 1 N–H and O–H groups in total. The molecule has 0 aliphatic carbocycles. The van der Waals surface area contributed by atoms with Gasteiger partial charge in [0.2, 0.25) is 0 Å². The Kier molecular flexibility index (Phi) is 3.74. The van der Waals surface area contributed by atoms with Crippen molar-refractivity contribution in [2.75, 3.05) is 0 Å². The third-order valence-electron chi connectivity index (χ3n) is 2.04. The van der Waals surface area contributed by atoms with Crippen LogP contribution >= 0.6 is 11.8 Å². The number of nitrogens with zero attached hydrogens (tertiary/aromatic N) is 1. The standard InChI is InChI=1S/C11H15NO2S/c1-8-5-4-6-9(12-8)7-15-11(2,3)10(13)14/h4-6H,7H2,1-3H3,(H,13,14). The van der Waals surface area contributed by atoms with Gasteiger partial charge in [-0.2, -0.15) is 0 Å². The van der Waals surface area contributed by atoms with Crippen LogP contribution in [-0.2, 0) is 10.5 Å². The Balaban J connectivity index is 2.61. The van der Waals surface area contributed by atoms with Gasteiger partial charge in [0.1, 0.15) is 4.75 Å². The summed E-state index contributed by atoms with van der Waals surface area (Å²) in [7, 11) is 0. The molecule has 0 radical (unpaired) electrons. The summed E-state index contributed by atoms with van der Waals surface area (Å²) in [4.78, 5) is 15.2. The second-order valence-corrected chi connectivity index (χ2v) is 5.47. The van der Waals surface area contributed by atoms with Gasteiger partial charge in [0.25, 0.3) is 0 Å². The lowest BCUT2D eigenvalue weighted by Gasteiger charge is -2.17. The smallest absolute Gasteiger partial charge is 0.319 e. The van der Waals surface area contributed by atoms with Crippen molar-refractivity contribution in [3.05, 3.63) is 29.6 Å². The van der Waals surface area contributed by atoms with Crippen molar-refractivity contribution in [2.45, 2.75) is 31.3 Å². The molecule has 0 aliphatic rings. The molecule has 0 spiro atoms. The first-order valence-electron chi connectivity index (χ1n) is 4.72. The number of carboxylic acid groups (broad SMARTS) is 1. The lowest BCUT2D eigenvalue weighted by atomic mass is 10.2. The van der Waals surface area contributed by atoms with Crippen LogP contribution in [-0.4, -0.2) is 20.8 Å². The van der Waals surface area contributed by atoms with E-state index in [9.17, 15) is 4.79 Å². The van der Waals surface area contributed by atoms with Crippen molar-refractivity contribution in [2.24, 2.45) is 0 Å². The average molecular weight is 225 g/mol. The number of rotatable bonds is 4. The first-order chi connectivity index (χ1) is 6.92. The molecule has 1 heterocycles. The Labute approximate surface area is 93.9 Å². The fourth-order valence-electron chi connectivity index (χ4n) is 0.996. The van der Waals surface area contributed by atoms with Crippen LogP contribution in [0.25, 0.3) is 0 Å². The molecular formula is C11H15NO2S. The molecule has 0 bridgehead atoms. The van der Waals surface area contributed by atoms with Gasteiger partial charge < -0.3 is 5.11 Å². The number of hydrogen-bond donors (Lipinski definition) is 1. The molecule has 0 amide bonds. The van der Waals surface area contributed by atoms with E-state index in [1.807, 2.05) is 25.1 Å². The van der Waals surface area contributed by atoms with E-state index in [1.165, 1.54) is 11.8 Å². The van der Waals surface area contributed by atoms with Crippen LogP contribution in [0.1, 0.15) is 25.2 Å². The number of hydrogen-bond acceptors (Lipinski definition) is 3. The van der Waals surface area contributed by atoms with E-state index in [0.29, 0.717) is 5.75 Å². The Bertz CT molecular complexity index is 363. The molecular weight excluding hydrogens is 210 g/mol. The second kappa shape index (κ2) is 4.66. The van der Waals surface area contributed by atoms with Gasteiger partial charge in [-0.3, -0.25) is 9.78 Å². The number of pyridine rings is 1. The molecule has 1 rings (SSSR count). The number of carbonyl (C=O) groups is 1. The number of aliphatic carboxylic acids is 1. The monoisotopic (exact) mass is 225 g/mol. The van der Waals surface area contributed by atoms with E-state index in [0.717, 1.165) is 11.4 Å². The topological polar surface area (TPSA) is 50.2 Å². The molecule has 15 heavy (non-hydrogen) atoms. The van der Waals surface area contributed by atoms with Crippen molar-refractivity contribution >= 4 is 17.7 Å². The van der Waals surface area contributed by atoms with Crippen molar-refractivity contribution in [1.82, 2.24) is 4.98 Å². The van der Waals surface area contributed by atoms with Gasteiger partial charge in [-0.05, 0) is 32.9 Å². The van der Waals surface area contributed by atoms with Crippen molar-refractivity contribution in [1.29, 1.82) is 0 Å². The molecule has 0 saturated carbocycles. The molecule has 0 unspecified atom stereocenters. The second-order valence-electron chi connectivity index (χ2n) is 3.87. The van der Waals surface area contributed by atoms with Crippen LogP contribution in [0.4, 0.5) is 0 Å². The highest BCUT2D eigenvalue weighted by atomic mass is 32.2. The minimum absolute atomic E-state index is 0.626. The summed E-state index contributed by atoms with van der Waals surface area (Å²) < 4.78 is -0.759. The van der Waals surface area contributed by atoms with Crippen LogP contribution in [0.15, 0.2) is 18.2 Å². The molecule has 3 nitrogen and oxygen atoms in total. The first-order valence-corrected chi connectivity index (χ1v) is 5.70. The molecule has 82 valence electrons. The summed E-state index contributed by atoms with van der Waals surface area (Å²) in [5, 5.41) is 8.93. The van der Waals surface area contributed by atoms with Gasteiger partial charge in [0, 0.05) is 11.4 Å². The predicted octanol–water partition coefficient (Wildman–Crippen LogP) is 2.49. The molecule has 1 aromatic heterocycles. The largest absolute Gasteiger partial charge is 0.480 e. The van der Waals surface area contributed by atoms with Crippen molar-refractivity contribution in [3.8, 4) is 0 Å². The predicted molar refractivity (Wildman–Crippen MR) is 62.0 cm³/mol. The lowest BCUT2D eigenvalue weighted by molar-refractivity contribution is -0.138. The number of aryl methyl sites for hydroxylation is 1. The van der Waals surface area contributed by atoms with E-state index < -0.39 is 10.7 Å². The SMILES string of the molecule is Cc1cccc(CSC(C)(C)C(=O)O)n1. The normalized spacial score (nSPS) is 11.4. The molecule has 4 heteroatoms. The summed E-state index contributed by atoms with van der Waals surface area (Å²) in [6.07, 6.45) is 0. The Morgan fingerprint density at radius 3 is 2.73 bits per heavy atom.